The molecule has 0 radical (unpaired) electrons. The fraction of sp³-hybridized carbons (Fsp3) is 0.579. The van der Waals surface area contributed by atoms with E-state index in [1.807, 2.05) is 46.8 Å². The second-order valence-corrected chi connectivity index (χ2v) is 6.36. The number of Topliss-reactive ketones (excluding diaryl/α,β-unsaturated/α-hetero) is 1. The summed E-state index contributed by atoms with van der Waals surface area (Å²) in [5, 5.41) is 4.17. The largest absolute Gasteiger partial charge is 0.393 e. The second-order valence-electron chi connectivity index (χ2n) is 6.36. The minimum Gasteiger partial charge on any atom is -0.393 e. The third kappa shape index (κ3) is 5.63. The van der Waals surface area contributed by atoms with Gasteiger partial charge in [-0.2, -0.15) is 0 Å². The molecule has 0 saturated heterocycles. The van der Waals surface area contributed by atoms with Gasteiger partial charge in [-0.3, -0.25) is 4.79 Å². The zero-order valence-electron chi connectivity index (χ0n) is 14.7. The first-order valence-corrected chi connectivity index (χ1v) is 8.18. The van der Waals surface area contributed by atoms with Crippen molar-refractivity contribution in [2.75, 3.05) is 0 Å². The number of carbonyl (C=O) groups is 1. The first-order valence-electron chi connectivity index (χ1n) is 8.18. The molecular formula is C19H29NO2. The Kier molecular flexibility index (Phi) is 7.30. The van der Waals surface area contributed by atoms with E-state index < -0.39 is 0 Å². The van der Waals surface area contributed by atoms with Crippen LogP contribution < -0.4 is 0 Å². The summed E-state index contributed by atoms with van der Waals surface area (Å²) in [6.45, 7) is 11.9. The highest BCUT2D eigenvalue weighted by atomic mass is 16.6. The molecule has 0 N–H and O–H groups in total. The van der Waals surface area contributed by atoms with Gasteiger partial charge in [0.05, 0.1) is 5.71 Å². The van der Waals surface area contributed by atoms with Crippen LogP contribution in [0.4, 0.5) is 0 Å². The summed E-state index contributed by atoms with van der Waals surface area (Å²) in [5.41, 5.74) is 3.11. The molecule has 0 spiro atoms. The molecule has 1 aromatic carbocycles. The maximum Gasteiger partial charge on any atom is 0.138 e. The van der Waals surface area contributed by atoms with Crippen LogP contribution in [0.1, 0.15) is 59.1 Å². The van der Waals surface area contributed by atoms with Crippen molar-refractivity contribution < 1.29 is 9.63 Å². The molecule has 0 aliphatic heterocycles. The van der Waals surface area contributed by atoms with Crippen LogP contribution in [0.15, 0.2) is 29.4 Å². The van der Waals surface area contributed by atoms with Crippen molar-refractivity contribution in [3.05, 3.63) is 35.4 Å². The third-order valence-corrected chi connectivity index (χ3v) is 3.91. The Hall–Kier alpha value is -1.64. The Bertz CT molecular complexity index is 503. The van der Waals surface area contributed by atoms with Crippen LogP contribution in [0.2, 0.25) is 0 Å². The molecular weight excluding hydrogens is 274 g/mol. The first-order chi connectivity index (χ1) is 10.3. The number of rotatable bonds is 8. The van der Waals surface area contributed by atoms with E-state index in [-0.39, 0.29) is 17.9 Å². The highest BCUT2D eigenvalue weighted by Gasteiger charge is 2.16. The van der Waals surface area contributed by atoms with Gasteiger partial charge in [0, 0.05) is 11.8 Å². The van der Waals surface area contributed by atoms with Gasteiger partial charge < -0.3 is 4.84 Å². The van der Waals surface area contributed by atoms with Gasteiger partial charge >= 0.3 is 0 Å². The van der Waals surface area contributed by atoms with Gasteiger partial charge in [-0.25, -0.2) is 0 Å². The van der Waals surface area contributed by atoms with Crippen LogP contribution in [-0.4, -0.2) is 17.6 Å². The molecule has 3 heteroatoms. The van der Waals surface area contributed by atoms with Crippen LogP contribution in [0.3, 0.4) is 0 Å². The van der Waals surface area contributed by atoms with Crippen molar-refractivity contribution in [1.82, 2.24) is 0 Å². The molecule has 1 aromatic rings. The van der Waals surface area contributed by atoms with Crippen LogP contribution in [0.25, 0.3) is 0 Å². The molecule has 0 bridgehead atoms. The molecule has 1 rings (SSSR count). The summed E-state index contributed by atoms with van der Waals surface area (Å²) in [6, 6.07) is 8.23. The van der Waals surface area contributed by atoms with Crippen molar-refractivity contribution in [1.29, 1.82) is 0 Å². The van der Waals surface area contributed by atoms with Gasteiger partial charge in [0.2, 0.25) is 0 Å². The van der Waals surface area contributed by atoms with Crippen molar-refractivity contribution in [3.8, 4) is 0 Å². The van der Waals surface area contributed by atoms with Crippen molar-refractivity contribution in [2.45, 2.75) is 60.5 Å². The lowest BCUT2D eigenvalue weighted by molar-refractivity contribution is -0.125. The molecule has 122 valence electrons. The predicted octanol–water partition coefficient (Wildman–Crippen LogP) is 4.63. The molecule has 0 fully saturated rings. The Morgan fingerprint density at radius 1 is 1.14 bits per heavy atom. The number of hydrogen-bond donors (Lipinski definition) is 0. The Morgan fingerprint density at radius 3 is 2.23 bits per heavy atom. The lowest BCUT2D eigenvalue weighted by atomic mass is 9.91. The van der Waals surface area contributed by atoms with Crippen LogP contribution >= 0.6 is 0 Å². The predicted molar refractivity (Wildman–Crippen MR) is 92.2 cm³/mol. The van der Waals surface area contributed by atoms with E-state index in [1.165, 1.54) is 5.56 Å². The number of carbonyl (C=O) groups excluding carboxylic acids is 1. The average Bonchev–Trinajstić information content (AvgIpc) is 2.51. The van der Waals surface area contributed by atoms with E-state index in [9.17, 15) is 4.79 Å². The van der Waals surface area contributed by atoms with Crippen LogP contribution in [0, 0.1) is 11.8 Å². The van der Waals surface area contributed by atoms with Gasteiger partial charge in [0.25, 0.3) is 0 Å². The second kappa shape index (κ2) is 8.72. The summed E-state index contributed by atoms with van der Waals surface area (Å²) in [5.74, 6) is 0.486. The molecule has 0 saturated carbocycles. The highest BCUT2D eigenvalue weighted by Crippen LogP contribution is 2.15. The standard InChI is InChI=1S/C19H29NO2/c1-7-15(5)22-20-16(6)18-10-8-17(9-11-18)12-14(4)19(21)13(2)3/h8-11,13-15H,7,12H2,1-6H3/b20-16-. The molecule has 0 aliphatic rings. The van der Waals surface area contributed by atoms with E-state index in [0.717, 1.165) is 24.1 Å². The van der Waals surface area contributed by atoms with Crippen molar-refractivity contribution in [2.24, 2.45) is 17.0 Å². The molecule has 2 atom stereocenters. The molecule has 0 amide bonds. The molecule has 2 unspecified atom stereocenters. The van der Waals surface area contributed by atoms with Gasteiger partial charge in [-0.15, -0.1) is 0 Å². The first kappa shape index (κ1) is 18.4. The van der Waals surface area contributed by atoms with Crippen molar-refractivity contribution in [3.63, 3.8) is 0 Å². The summed E-state index contributed by atoms with van der Waals surface area (Å²) in [4.78, 5) is 17.4. The minimum absolute atomic E-state index is 0.0642. The summed E-state index contributed by atoms with van der Waals surface area (Å²) in [6.07, 6.45) is 1.87. The molecule has 0 aromatic heterocycles. The Morgan fingerprint density at radius 2 is 1.73 bits per heavy atom. The molecule has 0 heterocycles. The number of benzene rings is 1. The normalized spacial score (nSPS) is 14.8. The topological polar surface area (TPSA) is 38.7 Å². The van der Waals surface area contributed by atoms with E-state index in [0.29, 0.717) is 5.78 Å². The average molecular weight is 303 g/mol. The fourth-order valence-electron chi connectivity index (χ4n) is 2.20. The lowest BCUT2D eigenvalue weighted by Gasteiger charge is -2.13. The Labute approximate surface area is 134 Å². The molecule has 22 heavy (non-hydrogen) atoms. The maximum absolute atomic E-state index is 12.0. The van der Waals surface area contributed by atoms with E-state index in [4.69, 9.17) is 4.84 Å². The third-order valence-electron chi connectivity index (χ3n) is 3.91. The number of nitrogens with zero attached hydrogens (tertiary/aromatic N) is 1. The van der Waals surface area contributed by atoms with E-state index in [1.54, 1.807) is 0 Å². The molecule has 0 aliphatic carbocycles. The van der Waals surface area contributed by atoms with Crippen LogP contribution in [-0.2, 0) is 16.1 Å². The van der Waals surface area contributed by atoms with Gasteiger partial charge in [0.1, 0.15) is 11.9 Å². The highest BCUT2D eigenvalue weighted by molar-refractivity contribution is 5.98. The maximum atomic E-state index is 12.0. The smallest absolute Gasteiger partial charge is 0.138 e. The Balaban J connectivity index is 2.68. The fourth-order valence-corrected chi connectivity index (χ4v) is 2.20. The van der Waals surface area contributed by atoms with E-state index in [2.05, 4.69) is 24.2 Å². The van der Waals surface area contributed by atoms with Crippen molar-refractivity contribution >= 4 is 11.5 Å². The number of ketones is 1. The summed E-state index contributed by atoms with van der Waals surface area (Å²) < 4.78 is 0. The summed E-state index contributed by atoms with van der Waals surface area (Å²) in [7, 11) is 0. The van der Waals surface area contributed by atoms with Gasteiger partial charge in [-0.05, 0) is 37.8 Å². The zero-order chi connectivity index (χ0) is 16.7. The number of oxime groups is 1. The monoisotopic (exact) mass is 303 g/mol. The minimum atomic E-state index is 0.0642. The van der Waals surface area contributed by atoms with Gasteiger partial charge in [0.15, 0.2) is 0 Å². The SMILES string of the molecule is CCC(C)O/N=C(/C)c1ccc(CC(C)C(=O)C(C)C)cc1. The summed E-state index contributed by atoms with van der Waals surface area (Å²) >= 11 is 0. The number of hydrogen-bond acceptors (Lipinski definition) is 3. The quantitative estimate of drug-likeness (QED) is 0.519. The lowest BCUT2D eigenvalue weighted by Crippen LogP contribution is -2.19. The molecule has 3 nitrogen and oxygen atoms in total. The van der Waals surface area contributed by atoms with Crippen LogP contribution in [0.5, 0.6) is 0 Å². The zero-order valence-corrected chi connectivity index (χ0v) is 14.7. The van der Waals surface area contributed by atoms with Gasteiger partial charge in [-0.1, -0.05) is 57.1 Å². The van der Waals surface area contributed by atoms with E-state index >= 15 is 0 Å².